The van der Waals surface area contributed by atoms with Gasteiger partial charge >= 0.3 is 0 Å². The zero-order valence-electron chi connectivity index (χ0n) is 12.9. The monoisotopic (exact) mass is 296 g/mol. The fraction of sp³-hybridized carbons (Fsp3) is 0.368. The molecule has 0 aromatic heterocycles. The quantitative estimate of drug-likeness (QED) is 0.888. The number of hydrogen-bond acceptors (Lipinski definition) is 3. The lowest BCUT2D eigenvalue weighted by molar-refractivity contribution is 0.145. The van der Waals surface area contributed by atoms with Crippen molar-refractivity contribution in [1.82, 2.24) is 0 Å². The number of hydrogen-bond donors (Lipinski definition) is 2. The second-order valence-corrected chi connectivity index (χ2v) is 5.90. The van der Waals surface area contributed by atoms with Crippen LogP contribution in [0.15, 0.2) is 54.6 Å². The van der Waals surface area contributed by atoms with E-state index in [2.05, 4.69) is 64.8 Å². The van der Waals surface area contributed by atoms with Crippen LogP contribution < -0.4 is 10.2 Å². The van der Waals surface area contributed by atoms with Crippen LogP contribution in [0.3, 0.4) is 0 Å². The smallest absolute Gasteiger partial charge is 0.0602 e. The van der Waals surface area contributed by atoms with Crippen LogP contribution in [0.5, 0.6) is 0 Å². The van der Waals surface area contributed by atoms with Crippen LogP contribution in [0.25, 0.3) is 0 Å². The Morgan fingerprint density at radius 1 is 0.955 bits per heavy atom. The van der Waals surface area contributed by atoms with E-state index in [1.165, 1.54) is 16.9 Å². The summed E-state index contributed by atoms with van der Waals surface area (Å²) in [4.78, 5) is 2.37. The summed E-state index contributed by atoms with van der Waals surface area (Å²) in [6, 6.07) is 19.0. The van der Waals surface area contributed by atoms with Crippen LogP contribution in [0, 0.1) is 0 Å². The average molecular weight is 296 g/mol. The highest BCUT2D eigenvalue weighted by molar-refractivity contribution is 5.70. The second-order valence-electron chi connectivity index (χ2n) is 5.90. The summed E-state index contributed by atoms with van der Waals surface area (Å²) in [5, 5.41) is 13.2. The number of aliphatic hydroxyl groups excluding tert-OH is 1. The van der Waals surface area contributed by atoms with E-state index < -0.39 is 0 Å². The van der Waals surface area contributed by atoms with Gasteiger partial charge in [-0.1, -0.05) is 42.5 Å². The van der Waals surface area contributed by atoms with Gasteiger partial charge in [0.15, 0.2) is 0 Å². The van der Waals surface area contributed by atoms with Crippen molar-refractivity contribution in [1.29, 1.82) is 0 Å². The van der Waals surface area contributed by atoms with Gasteiger partial charge in [0.2, 0.25) is 0 Å². The molecule has 1 fully saturated rings. The Kier molecular flexibility index (Phi) is 4.96. The van der Waals surface area contributed by atoms with E-state index in [0.29, 0.717) is 0 Å². The van der Waals surface area contributed by atoms with E-state index in [9.17, 15) is 5.11 Å². The molecular weight excluding hydrogens is 272 g/mol. The van der Waals surface area contributed by atoms with Gasteiger partial charge in [0, 0.05) is 19.6 Å². The zero-order valence-corrected chi connectivity index (χ0v) is 12.9. The molecule has 1 saturated heterocycles. The van der Waals surface area contributed by atoms with Gasteiger partial charge in [-0.15, -0.1) is 0 Å². The number of anilines is 2. The minimum absolute atomic E-state index is 0.130. The number of para-hydroxylation sites is 2. The highest BCUT2D eigenvalue weighted by atomic mass is 16.3. The maximum Gasteiger partial charge on any atom is 0.0602 e. The first-order chi connectivity index (χ1) is 10.8. The Bertz CT molecular complexity index is 577. The van der Waals surface area contributed by atoms with E-state index in [-0.39, 0.29) is 6.10 Å². The largest absolute Gasteiger partial charge is 0.393 e. The van der Waals surface area contributed by atoms with E-state index in [1.807, 2.05) is 0 Å². The lowest BCUT2D eigenvalue weighted by Crippen LogP contribution is -2.36. The lowest BCUT2D eigenvalue weighted by Gasteiger charge is -2.33. The predicted octanol–water partition coefficient (Wildman–Crippen LogP) is 3.30. The predicted molar refractivity (Wildman–Crippen MR) is 92.5 cm³/mol. The van der Waals surface area contributed by atoms with E-state index in [0.717, 1.165) is 38.9 Å². The molecule has 0 radical (unpaired) electrons. The van der Waals surface area contributed by atoms with Gasteiger partial charge in [0.05, 0.1) is 17.5 Å². The molecule has 0 spiro atoms. The standard InChI is InChI=1S/C19H24N2O/c22-17-11-14-21(15-12-17)19-9-5-4-8-18(19)20-13-10-16-6-2-1-3-7-16/h1-9,17,20,22H,10-15H2. The molecule has 0 bridgehead atoms. The first kappa shape index (κ1) is 14.9. The van der Waals surface area contributed by atoms with Crippen molar-refractivity contribution < 1.29 is 5.11 Å². The van der Waals surface area contributed by atoms with Gasteiger partial charge in [0.1, 0.15) is 0 Å². The fourth-order valence-electron chi connectivity index (χ4n) is 2.99. The molecule has 2 aromatic rings. The molecule has 22 heavy (non-hydrogen) atoms. The number of nitrogens with one attached hydrogen (secondary N) is 1. The van der Waals surface area contributed by atoms with Crippen molar-refractivity contribution in [3.63, 3.8) is 0 Å². The van der Waals surface area contributed by atoms with E-state index in [4.69, 9.17) is 0 Å². The number of rotatable bonds is 5. The van der Waals surface area contributed by atoms with Crippen LogP contribution >= 0.6 is 0 Å². The van der Waals surface area contributed by atoms with Crippen molar-refractivity contribution in [2.45, 2.75) is 25.4 Å². The SMILES string of the molecule is OC1CCN(c2ccccc2NCCc2ccccc2)CC1. The summed E-state index contributed by atoms with van der Waals surface area (Å²) in [6.45, 7) is 2.79. The summed E-state index contributed by atoms with van der Waals surface area (Å²) in [7, 11) is 0. The second kappa shape index (κ2) is 7.32. The minimum Gasteiger partial charge on any atom is -0.393 e. The maximum atomic E-state index is 9.67. The number of aliphatic hydroxyl groups is 1. The summed E-state index contributed by atoms with van der Waals surface area (Å²) in [5.74, 6) is 0. The first-order valence-electron chi connectivity index (χ1n) is 8.13. The molecule has 3 rings (SSSR count). The molecule has 116 valence electrons. The topological polar surface area (TPSA) is 35.5 Å². The molecule has 0 atom stereocenters. The molecule has 3 heteroatoms. The molecule has 3 nitrogen and oxygen atoms in total. The summed E-state index contributed by atoms with van der Waals surface area (Å²) in [6.07, 6.45) is 2.61. The maximum absolute atomic E-state index is 9.67. The van der Waals surface area contributed by atoms with Crippen molar-refractivity contribution in [2.24, 2.45) is 0 Å². The molecule has 0 saturated carbocycles. The third-order valence-corrected chi connectivity index (χ3v) is 4.28. The molecule has 1 aliphatic rings. The van der Waals surface area contributed by atoms with Gasteiger partial charge in [-0.25, -0.2) is 0 Å². The highest BCUT2D eigenvalue weighted by Crippen LogP contribution is 2.28. The molecular formula is C19H24N2O. The van der Waals surface area contributed by atoms with Crippen LogP contribution in [0.4, 0.5) is 11.4 Å². The van der Waals surface area contributed by atoms with Gasteiger partial charge in [0.25, 0.3) is 0 Å². The third-order valence-electron chi connectivity index (χ3n) is 4.28. The van der Waals surface area contributed by atoms with Crippen molar-refractivity contribution in [3.8, 4) is 0 Å². The Morgan fingerprint density at radius 2 is 1.64 bits per heavy atom. The zero-order chi connectivity index (χ0) is 15.2. The Hall–Kier alpha value is -2.00. The van der Waals surface area contributed by atoms with Gasteiger partial charge in [-0.05, 0) is 37.0 Å². The normalized spacial score (nSPS) is 15.8. The van der Waals surface area contributed by atoms with Crippen LogP contribution in [0.1, 0.15) is 18.4 Å². The van der Waals surface area contributed by atoms with Gasteiger partial charge < -0.3 is 15.3 Å². The fourth-order valence-corrected chi connectivity index (χ4v) is 2.99. The highest BCUT2D eigenvalue weighted by Gasteiger charge is 2.18. The molecule has 2 N–H and O–H groups in total. The average Bonchev–Trinajstić information content (AvgIpc) is 2.57. The summed E-state index contributed by atoms with van der Waals surface area (Å²) < 4.78 is 0. The van der Waals surface area contributed by atoms with Crippen molar-refractivity contribution in [2.75, 3.05) is 29.9 Å². The Balaban J connectivity index is 1.61. The van der Waals surface area contributed by atoms with Gasteiger partial charge in [-0.2, -0.15) is 0 Å². The molecule has 0 amide bonds. The van der Waals surface area contributed by atoms with Crippen molar-refractivity contribution >= 4 is 11.4 Å². The molecule has 1 aliphatic heterocycles. The number of nitrogens with zero attached hydrogens (tertiary/aromatic N) is 1. The van der Waals surface area contributed by atoms with Crippen LogP contribution in [0.2, 0.25) is 0 Å². The third kappa shape index (κ3) is 3.80. The summed E-state index contributed by atoms with van der Waals surface area (Å²) >= 11 is 0. The number of piperidine rings is 1. The van der Waals surface area contributed by atoms with E-state index in [1.54, 1.807) is 0 Å². The molecule has 0 unspecified atom stereocenters. The number of benzene rings is 2. The van der Waals surface area contributed by atoms with Crippen LogP contribution in [-0.4, -0.2) is 30.8 Å². The molecule has 1 heterocycles. The Morgan fingerprint density at radius 3 is 2.41 bits per heavy atom. The van der Waals surface area contributed by atoms with Gasteiger partial charge in [-0.3, -0.25) is 0 Å². The minimum atomic E-state index is -0.130. The van der Waals surface area contributed by atoms with Crippen molar-refractivity contribution in [3.05, 3.63) is 60.2 Å². The molecule has 2 aromatic carbocycles. The molecule has 0 aliphatic carbocycles. The van der Waals surface area contributed by atoms with E-state index >= 15 is 0 Å². The first-order valence-corrected chi connectivity index (χ1v) is 8.13. The lowest BCUT2D eigenvalue weighted by atomic mass is 10.1. The van der Waals surface area contributed by atoms with Crippen LogP contribution in [-0.2, 0) is 6.42 Å². The summed E-state index contributed by atoms with van der Waals surface area (Å²) in [5.41, 5.74) is 3.80. The Labute approximate surface area is 132 Å².